The summed E-state index contributed by atoms with van der Waals surface area (Å²) in [5.41, 5.74) is 0.447. The van der Waals surface area contributed by atoms with Crippen LogP contribution in [0.1, 0.15) is 22.2 Å². The standard InChI is InChI=1S/C15H16BrClN2O2/c1-19(2)12(13-7-4-8-21-13)9-18-15(20)10-5-3-6-11(16)14(10)17/h3-8,12H,9H2,1-2H3,(H,18,20). The van der Waals surface area contributed by atoms with Crippen LogP contribution < -0.4 is 5.32 Å². The average Bonchev–Trinajstić information content (AvgIpc) is 2.95. The number of carbonyl (C=O) groups excluding carboxylic acids is 1. The van der Waals surface area contributed by atoms with Gasteiger partial charge in [-0.2, -0.15) is 0 Å². The van der Waals surface area contributed by atoms with Crippen molar-refractivity contribution in [1.82, 2.24) is 10.2 Å². The Morgan fingerprint density at radius 1 is 1.38 bits per heavy atom. The Bertz CT molecular complexity index is 614. The van der Waals surface area contributed by atoms with Crippen LogP contribution in [-0.2, 0) is 0 Å². The Morgan fingerprint density at radius 3 is 2.76 bits per heavy atom. The maximum absolute atomic E-state index is 12.2. The molecule has 1 aromatic heterocycles. The fraction of sp³-hybridized carbons (Fsp3) is 0.267. The Hall–Kier alpha value is -1.30. The molecule has 112 valence electrons. The highest BCUT2D eigenvalue weighted by molar-refractivity contribution is 9.10. The van der Waals surface area contributed by atoms with Gasteiger partial charge < -0.3 is 9.73 Å². The predicted molar refractivity (Wildman–Crippen MR) is 86.6 cm³/mol. The quantitative estimate of drug-likeness (QED) is 0.871. The molecule has 0 spiro atoms. The highest BCUT2D eigenvalue weighted by atomic mass is 79.9. The van der Waals surface area contributed by atoms with Crippen LogP contribution in [0.15, 0.2) is 45.5 Å². The summed E-state index contributed by atoms with van der Waals surface area (Å²) >= 11 is 9.44. The van der Waals surface area contributed by atoms with E-state index in [4.69, 9.17) is 16.0 Å². The molecule has 0 saturated carbocycles. The second-order valence-corrected chi connectivity index (χ2v) is 6.04. The van der Waals surface area contributed by atoms with E-state index in [9.17, 15) is 4.79 Å². The zero-order chi connectivity index (χ0) is 15.4. The van der Waals surface area contributed by atoms with E-state index in [0.717, 1.165) is 5.76 Å². The summed E-state index contributed by atoms with van der Waals surface area (Å²) in [5.74, 6) is 0.598. The van der Waals surface area contributed by atoms with E-state index < -0.39 is 0 Å². The van der Waals surface area contributed by atoms with E-state index in [1.807, 2.05) is 31.1 Å². The number of halogens is 2. The molecule has 0 bridgehead atoms. The first-order valence-electron chi connectivity index (χ1n) is 6.42. The van der Waals surface area contributed by atoms with E-state index in [2.05, 4.69) is 21.2 Å². The normalized spacial score (nSPS) is 12.4. The fourth-order valence-electron chi connectivity index (χ4n) is 1.98. The third-order valence-corrected chi connectivity index (χ3v) is 4.44. The van der Waals surface area contributed by atoms with Gasteiger partial charge in [-0.05, 0) is 54.3 Å². The second-order valence-electron chi connectivity index (χ2n) is 4.81. The number of hydrogen-bond donors (Lipinski definition) is 1. The third kappa shape index (κ3) is 3.87. The lowest BCUT2D eigenvalue weighted by atomic mass is 10.1. The maximum atomic E-state index is 12.2. The predicted octanol–water partition coefficient (Wildman–Crippen LogP) is 3.73. The molecule has 1 heterocycles. The molecule has 0 fully saturated rings. The van der Waals surface area contributed by atoms with Crippen LogP contribution in [-0.4, -0.2) is 31.4 Å². The monoisotopic (exact) mass is 370 g/mol. The van der Waals surface area contributed by atoms with Crippen molar-refractivity contribution in [2.45, 2.75) is 6.04 Å². The topological polar surface area (TPSA) is 45.5 Å². The molecule has 2 rings (SSSR count). The minimum Gasteiger partial charge on any atom is -0.468 e. The molecule has 6 heteroatoms. The van der Waals surface area contributed by atoms with Crippen LogP contribution >= 0.6 is 27.5 Å². The summed E-state index contributed by atoms with van der Waals surface area (Å²) in [4.78, 5) is 14.2. The summed E-state index contributed by atoms with van der Waals surface area (Å²) in [6.07, 6.45) is 1.62. The smallest absolute Gasteiger partial charge is 0.252 e. The molecule has 1 N–H and O–H groups in total. The average molecular weight is 372 g/mol. The van der Waals surface area contributed by atoms with Gasteiger partial charge in [0.15, 0.2) is 0 Å². The lowest BCUT2D eigenvalue weighted by Gasteiger charge is -2.22. The first-order valence-corrected chi connectivity index (χ1v) is 7.60. The van der Waals surface area contributed by atoms with Gasteiger partial charge in [0.25, 0.3) is 5.91 Å². The van der Waals surface area contributed by atoms with Crippen molar-refractivity contribution >= 4 is 33.4 Å². The molecule has 0 radical (unpaired) electrons. The summed E-state index contributed by atoms with van der Waals surface area (Å²) in [5, 5.41) is 3.30. The number of furan rings is 1. The number of carbonyl (C=O) groups is 1. The lowest BCUT2D eigenvalue weighted by molar-refractivity contribution is 0.0939. The number of nitrogens with one attached hydrogen (secondary N) is 1. The van der Waals surface area contributed by atoms with Gasteiger partial charge in [-0.15, -0.1) is 0 Å². The van der Waals surface area contributed by atoms with Gasteiger partial charge >= 0.3 is 0 Å². The maximum Gasteiger partial charge on any atom is 0.252 e. The molecule has 0 aliphatic heterocycles. The molecule has 2 aromatic rings. The molecule has 1 amide bonds. The van der Waals surface area contributed by atoms with Gasteiger partial charge in [-0.25, -0.2) is 0 Å². The van der Waals surface area contributed by atoms with Gasteiger partial charge in [-0.3, -0.25) is 9.69 Å². The van der Waals surface area contributed by atoms with Crippen molar-refractivity contribution in [1.29, 1.82) is 0 Å². The number of nitrogens with zero attached hydrogens (tertiary/aromatic N) is 1. The number of likely N-dealkylation sites (N-methyl/N-ethyl adjacent to an activating group) is 1. The molecule has 1 atom stereocenters. The molecule has 0 saturated heterocycles. The van der Waals surface area contributed by atoms with Crippen LogP contribution in [0.3, 0.4) is 0 Å². The highest BCUT2D eigenvalue weighted by Crippen LogP contribution is 2.26. The van der Waals surface area contributed by atoms with Crippen molar-refractivity contribution in [3.8, 4) is 0 Å². The van der Waals surface area contributed by atoms with E-state index in [0.29, 0.717) is 21.6 Å². The van der Waals surface area contributed by atoms with Crippen LogP contribution in [0, 0.1) is 0 Å². The van der Waals surface area contributed by atoms with Crippen LogP contribution in [0.2, 0.25) is 5.02 Å². The van der Waals surface area contributed by atoms with Gasteiger partial charge in [0.2, 0.25) is 0 Å². The first kappa shape index (κ1) is 16.1. The van der Waals surface area contributed by atoms with E-state index in [-0.39, 0.29) is 11.9 Å². The number of amides is 1. The summed E-state index contributed by atoms with van der Waals surface area (Å²) in [6, 6.07) is 8.96. The molecular formula is C15H16BrClN2O2. The number of benzene rings is 1. The van der Waals surface area contributed by atoms with Crippen molar-refractivity contribution in [2.24, 2.45) is 0 Å². The molecule has 4 nitrogen and oxygen atoms in total. The third-order valence-electron chi connectivity index (χ3n) is 3.15. The molecule has 0 aliphatic rings. The van der Waals surface area contributed by atoms with E-state index >= 15 is 0 Å². The van der Waals surface area contributed by atoms with Gasteiger partial charge in [0.05, 0.1) is 22.9 Å². The number of hydrogen-bond acceptors (Lipinski definition) is 3. The van der Waals surface area contributed by atoms with Crippen LogP contribution in [0.5, 0.6) is 0 Å². The number of rotatable bonds is 5. The fourth-order valence-corrected chi connectivity index (χ4v) is 2.56. The van der Waals surface area contributed by atoms with Gasteiger partial charge in [-0.1, -0.05) is 17.7 Å². The van der Waals surface area contributed by atoms with Crippen LogP contribution in [0.25, 0.3) is 0 Å². The zero-order valence-corrected chi connectivity index (χ0v) is 14.1. The second kappa shape index (κ2) is 7.11. The largest absolute Gasteiger partial charge is 0.468 e. The van der Waals surface area contributed by atoms with E-state index in [1.54, 1.807) is 24.5 Å². The summed E-state index contributed by atoms with van der Waals surface area (Å²) in [7, 11) is 3.87. The molecular weight excluding hydrogens is 356 g/mol. The van der Waals surface area contributed by atoms with E-state index in [1.165, 1.54) is 0 Å². The molecule has 1 unspecified atom stereocenters. The Labute approximate surface area is 137 Å². The van der Waals surface area contributed by atoms with Crippen molar-refractivity contribution < 1.29 is 9.21 Å². The van der Waals surface area contributed by atoms with Crippen molar-refractivity contribution in [2.75, 3.05) is 20.6 Å². The Morgan fingerprint density at radius 2 is 2.14 bits per heavy atom. The van der Waals surface area contributed by atoms with Gasteiger partial charge in [0.1, 0.15) is 5.76 Å². The molecule has 21 heavy (non-hydrogen) atoms. The minimum absolute atomic E-state index is 0.0325. The summed E-state index contributed by atoms with van der Waals surface area (Å²) < 4.78 is 6.11. The van der Waals surface area contributed by atoms with Crippen LogP contribution in [0.4, 0.5) is 0 Å². The summed E-state index contributed by atoms with van der Waals surface area (Å²) in [6.45, 7) is 0.433. The van der Waals surface area contributed by atoms with Gasteiger partial charge in [0, 0.05) is 11.0 Å². The Kier molecular flexibility index (Phi) is 5.45. The Balaban J connectivity index is 2.07. The van der Waals surface area contributed by atoms with Crippen molar-refractivity contribution in [3.05, 3.63) is 57.4 Å². The lowest BCUT2D eigenvalue weighted by Crippen LogP contribution is -2.34. The molecule has 0 aliphatic carbocycles. The highest BCUT2D eigenvalue weighted by Gasteiger charge is 2.19. The minimum atomic E-state index is -0.209. The molecule has 1 aromatic carbocycles. The van der Waals surface area contributed by atoms with Crippen molar-refractivity contribution in [3.63, 3.8) is 0 Å². The SMILES string of the molecule is CN(C)C(CNC(=O)c1cccc(Br)c1Cl)c1ccco1. The first-order chi connectivity index (χ1) is 10.0. The zero-order valence-electron chi connectivity index (χ0n) is 11.8.